The number of hydrogen-bond donors (Lipinski definition) is 1. The van der Waals surface area contributed by atoms with Gasteiger partial charge in [-0.1, -0.05) is 55.0 Å². The molecule has 5 heteroatoms. The number of benzene rings is 2. The molecule has 0 spiro atoms. The molecule has 2 atom stereocenters. The number of rotatable bonds is 6. The summed E-state index contributed by atoms with van der Waals surface area (Å²) in [6.45, 7) is 3.84. The van der Waals surface area contributed by atoms with Gasteiger partial charge in [0, 0.05) is 18.7 Å². The van der Waals surface area contributed by atoms with Crippen LogP contribution in [0, 0.1) is 0 Å². The first-order valence-electron chi connectivity index (χ1n) is 10.2. The second-order valence-electron chi connectivity index (χ2n) is 7.61. The lowest BCUT2D eigenvalue weighted by molar-refractivity contribution is -0.151. The normalized spacial score (nSPS) is 22.6. The first kappa shape index (κ1) is 18.7. The Labute approximate surface area is 166 Å². The summed E-state index contributed by atoms with van der Waals surface area (Å²) in [6.07, 6.45) is 3.79. The zero-order valence-electron chi connectivity index (χ0n) is 16.1. The number of β-lactam (4-membered cyclic amide) rings is 1. The molecular formula is C23H27N3O2. The third-order valence-corrected chi connectivity index (χ3v) is 5.77. The van der Waals surface area contributed by atoms with Crippen molar-refractivity contribution in [1.29, 1.82) is 0 Å². The minimum atomic E-state index is -0.503. The highest BCUT2D eigenvalue weighted by Crippen LogP contribution is 2.35. The average Bonchev–Trinajstić information content (AvgIpc) is 2.76. The van der Waals surface area contributed by atoms with Gasteiger partial charge in [-0.2, -0.15) is 0 Å². The number of nitrogens with one attached hydrogen (secondary N) is 1. The molecule has 0 bridgehead atoms. The third-order valence-electron chi connectivity index (χ3n) is 5.77. The Bertz CT molecular complexity index is 803. The van der Waals surface area contributed by atoms with Gasteiger partial charge in [0.25, 0.3) is 5.91 Å². The molecule has 2 aliphatic rings. The van der Waals surface area contributed by atoms with Crippen LogP contribution in [0.4, 0.5) is 0 Å². The van der Waals surface area contributed by atoms with E-state index in [0.29, 0.717) is 12.1 Å². The van der Waals surface area contributed by atoms with E-state index in [1.54, 1.807) is 12.1 Å². The molecule has 2 fully saturated rings. The molecule has 28 heavy (non-hydrogen) atoms. The first-order valence-corrected chi connectivity index (χ1v) is 10.2. The Hall–Kier alpha value is -2.66. The SMILES string of the molecule is O=C(N[C@@H]1C(=O)N(CCN2CCCCC2)[C@@H]1c1ccccc1)c1ccccc1. The van der Waals surface area contributed by atoms with Crippen LogP contribution in [0.25, 0.3) is 0 Å². The van der Waals surface area contributed by atoms with Crippen LogP contribution in [0.3, 0.4) is 0 Å². The zero-order chi connectivity index (χ0) is 19.3. The van der Waals surface area contributed by atoms with Crippen molar-refractivity contribution in [3.63, 3.8) is 0 Å². The van der Waals surface area contributed by atoms with Gasteiger partial charge in [0.1, 0.15) is 6.04 Å². The van der Waals surface area contributed by atoms with Crippen molar-refractivity contribution in [2.75, 3.05) is 26.2 Å². The van der Waals surface area contributed by atoms with Crippen LogP contribution >= 0.6 is 0 Å². The van der Waals surface area contributed by atoms with E-state index in [4.69, 9.17) is 0 Å². The Morgan fingerprint density at radius 2 is 1.54 bits per heavy atom. The molecular weight excluding hydrogens is 350 g/mol. The quantitative estimate of drug-likeness (QED) is 0.788. The van der Waals surface area contributed by atoms with E-state index in [-0.39, 0.29) is 17.9 Å². The molecule has 2 saturated heterocycles. The Kier molecular flexibility index (Phi) is 5.72. The highest BCUT2D eigenvalue weighted by molar-refractivity contribution is 6.00. The highest BCUT2D eigenvalue weighted by Gasteiger charge is 2.48. The van der Waals surface area contributed by atoms with Crippen molar-refractivity contribution in [1.82, 2.24) is 15.1 Å². The van der Waals surface area contributed by atoms with Crippen LogP contribution in [0.1, 0.15) is 41.2 Å². The predicted molar refractivity (Wildman–Crippen MR) is 109 cm³/mol. The maximum absolute atomic E-state index is 12.9. The van der Waals surface area contributed by atoms with Crippen LogP contribution < -0.4 is 5.32 Å². The molecule has 5 nitrogen and oxygen atoms in total. The third kappa shape index (κ3) is 3.94. The predicted octanol–water partition coefficient (Wildman–Crippen LogP) is 2.85. The van der Waals surface area contributed by atoms with Crippen LogP contribution in [-0.2, 0) is 4.79 Å². The van der Waals surface area contributed by atoms with Crippen LogP contribution in [0.5, 0.6) is 0 Å². The number of hydrogen-bond acceptors (Lipinski definition) is 3. The molecule has 4 rings (SSSR count). The molecule has 0 aromatic heterocycles. The summed E-state index contributed by atoms with van der Waals surface area (Å²) in [5.41, 5.74) is 1.65. The monoisotopic (exact) mass is 377 g/mol. The fraction of sp³-hybridized carbons (Fsp3) is 0.391. The van der Waals surface area contributed by atoms with Crippen molar-refractivity contribution >= 4 is 11.8 Å². The Balaban J connectivity index is 1.46. The van der Waals surface area contributed by atoms with E-state index < -0.39 is 6.04 Å². The second-order valence-corrected chi connectivity index (χ2v) is 7.61. The summed E-state index contributed by atoms with van der Waals surface area (Å²) in [7, 11) is 0. The van der Waals surface area contributed by atoms with Gasteiger partial charge in [-0.05, 0) is 43.6 Å². The largest absolute Gasteiger partial charge is 0.338 e. The molecule has 0 saturated carbocycles. The minimum Gasteiger partial charge on any atom is -0.338 e. The smallest absolute Gasteiger partial charge is 0.251 e. The lowest BCUT2D eigenvalue weighted by Gasteiger charge is -2.48. The van der Waals surface area contributed by atoms with E-state index in [1.165, 1.54) is 19.3 Å². The van der Waals surface area contributed by atoms with E-state index >= 15 is 0 Å². The fourth-order valence-electron chi connectivity index (χ4n) is 4.21. The van der Waals surface area contributed by atoms with E-state index in [2.05, 4.69) is 10.2 Å². The summed E-state index contributed by atoms with van der Waals surface area (Å²) in [6, 6.07) is 18.5. The molecule has 2 heterocycles. The van der Waals surface area contributed by atoms with E-state index in [0.717, 1.165) is 25.2 Å². The summed E-state index contributed by atoms with van der Waals surface area (Å²) in [5.74, 6) is -0.189. The van der Waals surface area contributed by atoms with Gasteiger partial charge in [0.15, 0.2) is 0 Å². The van der Waals surface area contributed by atoms with Gasteiger partial charge in [-0.3, -0.25) is 9.59 Å². The highest BCUT2D eigenvalue weighted by atomic mass is 16.2. The second kappa shape index (κ2) is 8.57. The maximum Gasteiger partial charge on any atom is 0.251 e. The lowest BCUT2D eigenvalue weighted by Crippen LogP contribution is -2.66. The number of piperidine rings is 1. The van der Waals surface area contributed by atoms with Gasteiger partial charge in [0.05, 0.1) is 6.04 Å². The molecule has 2 aromatic carbocycles. The van der Waals surface area contributed by atoms with Crippen molar-refractivity contribution in [2.24, 2.45) is 0 Å². The zero-order valence-corrected chi connectivity index (χ0v) is 16.1. The van der Waals surface area contributed by atoms with Crippen molar-refractivity contribution in [3.8, 4) is 0 Å². The Morgan fingerprint density at radius 3 is 2.21 bits per heavy atom. The lowest BCUT2D eigenvalue weighted by atomic mass is 9.88. The molecule has 2 aromatic rings. The summed E-state index contributed by atoms with van der Waals surface area (Å²) < 4.78 is 0. The van der Waals surface area contributed by atoms with Crippen molar-refractivity contribution in [2.45, 2.75) is 31.3 Å². The average molecular weight is 377 g/mol. The van der Waals surface area contributed by atoms with Gasteiger partial charge >= 0.3 is 0 Å². The number of amides is 2. The minimum absolute atomic E-state index is 0.00939. The van der Waals surface area contributed by atoms with Gasteiger partial charge in [-0.15, -0.1) is 0 Å². The molecule has 146 valence electrons. The summed E-state index contributed by atoms with van der Waals surface area (Å²) in [4.78, 5) is 29.8. The molecule has 0 unspecified atom stereocenters. The van der Waals surface area contributed by atoms with Gasteiger partial charge in [-0.25, -0.2) is 0 Å². The molecule has 0 radical (unpaired) electrons. The molecule has 2 amide bonds. The topological polar surface area (TPSA) is 52.7 Å². The Morgan fingerprint density at radius 1 is 0.893 bits per heavy atom. The van der Waals surface area contributed by atoms with Crippen LogP contribution in [0.15, 0.2) is 60.7 Å². The standard InChI is InChI=1S/C23H27N3O2/c27-22(19-12-6-2-7-13-19)24-20-21(18-10-4-1-5-11-18)26(23(20)28)17-16-25-14-8-3-9-15-25/h1-2,4-7,10-13,20-21H,3,8-9,14-17H2,(H,24,27)/t20-,21+/m0/s1. The number of nitrogens with zero attached hydrogens (tertiary/aromatic N) is 2. The van der Waals surface area contributed by atoms with Gasteiger partial charge < -0.3 is 15.1 Å². The summed E-state index contributed by atoms with van der Waals surface area (Å²) >= 11 is 0. The van der Waals surface area contributed by atoms with Crippen molar-refractivity contribution < 1.29 is 9.59 Å². The number of likely N-dealkylation sites (tertiary alicyclic amines) is 2. The van der Waals surface area contributed by atoms with Crippen LogP contribution in [0.2, 0.25) is 0 Å². The van der Waals surface area contributed by atoms with Crippen LogP contribution in [-0.4, -0.2) is 53.8 Å². The number of carbonyl (C=O) groups excluding carboxylic acids is 2. The molecule has 0 aliphatic carbocycles. The maximum atomic E-state index is 12.9. The molecule has 2 aliphatic heterocycles. The van der Waals surface area contributed by atoms with E-state index in [1.807, 2.05) is 53.4 Å². The van der Waals surface area contributed by atoms with Crippen molar-refractivity contribution in [3.05, 3.63) is 71.8 Å². The number of carbonyl (C=O) groups is 2. The van der Waals surface area contributed by atoms with E-state index in [9.17, 15) is 9.59 Å². The fourth-order valence-corrected chi connectivity index (χ4v) is 4.21. The molecule has 1 N–H and O–H groups in total. The van der Waals surface area contributed by atoms with Gasteiger partial charge in [0.2, 0.25) is 5.91 Å². The summed E-state index contributed by atoms with van der Waals surface area (Å²) in [5, 5.41) is 2.96. The first-order chi connectivity index (χ1) is 13.7.